The molecule has 0 bridgehead atoms. The molecular formula is C15H22N2O4. The van der Waals surface area contributed by atoms with Crippen LogP contribution in [0.25, 0.3) is 0 Å². The largest absolute Gasteiger partial charge is 0.480 e. The second-order valence-electron chi connectivity index (χ2n) is 5.36. The standard InChI is InChI=1S/C15H22N2O4/c1-15(2,11-4-6-12(16)7-5-11)14(20)17(8-9-21-3)10-13(18)19/h4-7H,8-10,16H2,1-3H3,(H,18,19). The highest BCUT2D eigenvalue weighted by Crippen LogP contribution is 2.26. The molecule has 0 aliphatic rings. The normalized spacial score (nSPS) is 11.2. The van der Waals surface area contributed by atoms with Crippen LogP contribution in [0.3, 0.4) is 0 Å². The van der Waals surface area contributed by atoms with Gasteiger partial charge >= 0.3 is 5.97 Å². The van der Waals surface area contributed by atoms with E-state index in [1.54, 1.807) is 38.1 Å². The Morgan fingerprint density at radius 2 is 1.86 bits per heavy atom. The van der Waals surface area contributed by atoms with Crippen molar-refractivity contribution in [1.82, 2.24) is 4.90 Å². The van der Waals surface area contributed by atoms with E-state index in [4.69, 9.17) is 15.6 Å². The van der Waals surface area contributed by atoms with E-state index >= 15 is 0 Å². The van der Waals surface area contributed by atoms with Crippen molar-refractivity contribution in [3.05, 3.63) is 29.8 Å². The molecule has 0 aliphatic heterocycles. The Balaban J connectivity index is 2.98. The molecule has 0 radical (unpaired) electrons. The third-order valence-electron chi connectivity index (χ3n) is 3.35. The maximum absolute atomic E-state index is 12.7. The van der Waals surface area contributed by atoms with Crippen LogP contribution in [0.4, 0.5) is 5.69 Å². The molecule has 1 aromatic carbocycles. The lowest BCUT2D eigenvalue weighted by atomic mass is 9.83. The van der Waals surface area contributed by atoms with Gasteiger partial charge < -0.3 is 20.5 Å². The van der Waals surface area contributed by atoms with Crippen LogP contribution >= 0.6 is 0 Å². The molecule has 1 amide bonds. The van der Waals surface area contributed by atoms with Gasteiger partial charge in [0.2, 0.25) is 5.91 Å². The summed E-state index contributed by atoms with van der Waals surface area (Å²) < 4.78 is 4.93. The molecule has 0 aromatic heterocycles. The van der Waals surface area contributed by atoms with E-state index < -0.39 is 11.4 Å². The van der Waals surface area contributed by atoms with E-state index in [1.807, 2.05) is 0 Å². The lowest BCUT2D eigenvalue weighted by Gasteiger charge is -2.31. The number of nitrogen functional groups attached to an aromatic ring is 1. The average molecular weight is 294 g/mol. The number of carbonyl (C=O) groups excluding carboxylic acids is 1. The summed E-state index contributed by atoms with van der Waals surface area (Å²) in [7, 11) is 1.51. The maximum Gasteiger partial charge on any atom is 0.323 e. The molecule has 0 saturated carbocycles. The van der Waals surface area contributed by atoms with Crippen molar-refractivity contribution in [2.45, 2.75) is 19.3 Å². The minimum atomic E-state index is -1.05. The number of nitrogens with two attached hydrogens (primary N) is 1. The minimum Gasteiger partial charge on any atom is -0.480 e. The van der Waals surface area contributed by atoms with Crippen molar-refractivity contribution in [1.29, 1.82) is 0 Å². The molecule has 0 heterocycles. The van der Waals surface area contributed by atoms with Crippen LogP contribution in [0.15, 0.2) is 24.3 Å². The SMILES string of the molecule is COCCN(CC(=O)O)C(=O)C(C)(C)c1ccc(N)cc1. The van der Waals surface area contributed by atoms with E-state index in [9.17, 15) is 9.59 Å². The maximum atomic E-state index is 12.7. The third-order valence-corrected chi connectivity index (χ3v) is 3.35. The van der Waals surface area contributed by atoms with E-state index in [1.165, 1.54) is 12.0 Å². The zero-order valence-corrected chi connectivity index (χ0v) is 12.6. The molecule has 1 aromatic rings. The summed E-state index contributed by atoms with van der Waals surface area (Å²) in [4.78, 5) is 24.9. The second-order valence-corrected chi connectivity index (χ2v) is 5.36. The first kappa shape index (κ1) is 17.0. The van der Waals surface area contributed by atoms with Gasteiger partial charge in [-0.25, -0.2) is 0 Å². The Hall–Kier alpha value is -2.08. The molecule has 0 atom stereocenters. The quantitative estimate of drug-likeness (QED) is 0.735. The van der Waals surface area contributed by atoms with Gasteiger partial charge in [0.05, 0.1) is 12.0 Å². The molecular weight excluding hydrogens is 272 g/mol. The van der Waals surface area contributed by atoms with Crippen LogP contribution in [0, 0.1) is 0 Å². The van der Waals surface area contributed by atoms with Crippen LogP contribution in [-0.2, 0) is 19.7 Å². The zero-order valence-electron chi connectivity index (χ0n) is 12.6. The monoisotopic (exact) mass is 294 g/mol. The highest BCUT2D eigenvalue weighted by atomic mass is 16.5. The fraction of sp³-hybridized carbons (Fsp3) is 0.467. The van der Waals surface area contributed by atoms with Gasteiger partial charge in [-0.2, -0.15) is 0 Å². The first-order valence-electron chi connectivity index (χ1n) is 6.65. The van der Waals surface area contributed by atoms with E-state index in [0.29, 0.717) is 5.69 Å². The molecule has 0 spiro atoms. The van der Waals surface area contributed by atoms with Gasteiger partial charge in [0, 0.05) is 19.3 Å². The second kappa shape index (κ2) is 7.08. The number of aliphatic carboxylic acids is 1. The summed E-state index contributed by atoms with van der Waals surface area (Å²) in [6.45, 7) is 3.71. The first-order chi connectivity index (χ1) is 9.78. The van der Waals surface area contributed by atoms with Crippen molar-refractivity contribution in [2.24, 2.45) is 0 Å². The molecule has 0 unspecified atom stereocenters. The number of carboxylic acids is 1. The fourth-order valence-corrected chi connectivity index (χ4v) is 2.04. The van der Waals surface area contributed by atoms with Crippen LogP contribution in [0.5, 0.6) is 0 Å². The Kier molecular flexibility index (Phi) is 5.72. The molecule has 0 saturated heterocycles. The number of ether oxygens (including phenoxy) is 1. The number of hydrogen-bond donors (Lipinski definition) is 2. The lowest BCUT2D eigenvalue weighted by molar-refractivity contribution is -0.147. The smallest absolute Gasteiger partial charge is 0.323 e. The number of hydrogen-bond acceptors (Lipinski definition) is 4. The molecule has 21 heavy (non-hydrogen) atoms. The van der Waals surface area contributed by atoms with Crippen molar-refractivity contribution < 1.29 is 19.4 Å². The van der Waals surface area contributed by atoms with Crippen molar-refractivity contribution in [3.63, 3.8) is 0 Å². The molecule has 116 valence electrons. The summed E-state index contributed by atoms with van der Waals surface area (Å²) in [6, 6.07) is 7.01. The zero-order chi connectivity index (χ0) is 16.0. The Bertz CT molecular complexity index is 497. The highest BCUT2D eigenvalue weighted by molar-refractivity contribution is 5.89. The summed E-state index contributed by atoms with van der Waals surface area (Å²) in [5, 5.41) is 8.95. The summed E-state index contributed by atoms with van der Waals surface area (Å²) in [6.07, 6.45) is 0. The van der Waals surface area contributed by atoms with E-state index in [-0.39, 0.29) is 25.6 Å². The number of carboxylic acid groups (broad SMARTS) is 1. The van der Waals surface area contributed by atoms with Gasteiger partial charge in [0.15, 0.2) is 0 Å². The fourth-order valence-electron chi connectivity index (χ4n) is 2.04. The predicted octanol–water partition coefficient (Wildman–Crippen LogP) is 1.11. The summed E-state index contributed by atoms with van der Waals surface area (Å²) >= 11 is 0. The number of carbonyl (C=O) groups is 2. The van der Waals surface area contributed by atoms with Crippen LogP contribution in [-0.4, -0.2) is 48.7 Å². The Morgan fingerprint density at radius 1 is 1.29 bits per heavy atom. The molecule has 6 nitrogen and oxygen atoms in total. The van der Waals surface area contributed by atoms with Crippen LogP contribution < -0.4 is 5.73 Å². The molecule has 6 heteroatoms. The molecule has 0 aliphatic carbocycles. The van der Waals surface area contributed by atoms with Gasteiger partial charge in [0.1, 0.15) is 6.54 Å². The van der Waals surface area contributed by atoms with Gasteiger partial charge in [0.25, 0.3) is 0 Å². The summed E-state index contributed by atoms with van der Waals surface area (Å²) in [5.74, 6) is -1.31. The van der Waals surface area contributed by atoms with Crippen molar-refractivity contribution in [3.8, 4) is 0 Å². The number of benzene rings is 1. The minimum absolute atomic E-state index is 0.236. The van der Waals surface area contributed by atoms with Crippen molar-refractivity contribution >= 4 is 17.6 Å². The van der Waals surface area contributed by atoms with E-state index in [2.05, 4.69) is 0 Å². The summed E-state index contributed by atoms with van der Waals surface area (Å²) in [5.41, 5.74) is 6.21. The van der Waals surface area contributed by atoms with Gasteiger partial charge in [-0.05, 0) is 31.5 Å². The van der Waals surface area contributed by atoms with Crippen LogP contribution in [0.1, 0.15) is 19.4 Å². The number of nitrogens with zero attached hydrogens (tertiary/aromatic N) is 1. The molecule has 3 N–H and O–H groups in total. The predicted molar refractivity (Wildman–Crippen MR) is 80.0 cm³/mol. The van der Waals surface area contributed by atoms with Crippen LogP contribution in [0.2, 0.25) is 0 Å². The molecule has 0 fully saturated rings. The topological polar surface area (TPSA) is 92.9 Å². The highest BCUT2D eigenvalue weighted by Gasteiger charge is 2.34. The number of anilines is 1. The number of rotatable bonds is 7. The van der Waals surface area contributed by atoms with Gasteiger partial charge in [-0.3, -0.25) is 9.59 Å². The number of amides is 1. The van der Waals surface area contributed by atoms with E-state index in [0.717, 1.165) is 5.56 Å². The lowest BCUT2D eigenvalue weighted by Crippen LogP contribution is -2.47. The number of methoxy groups -OCH3 is 1. The average Bonchev–Trinajstić information content (AvgIpc) is 2.42. The van der Waals surface area contributed by atoms with Crippen molar-refractivity contribution in [2.75, 3.05) is 32.5 Å². The van der Waals surface area contributed by atoms with Gasteiger partial charge in [-0.15, -0.1) is 0 Å². The Labute approximate surface area is 124 Å². The first-order valence-corrected chi connectivity index (χ1v) is 6.65. The van der Waals surface area contributed by atoms with Gasteiger partial charge in [-0.1, -0.05) is 12.1 Å². The third kappa shape index (κ3) is 4.46. The molecule has 1 rings (SSSR count). The Morgan fingerprint density at radius 3 is 2.33 bits per heavy atom.